The summed E-state index contributed by atoms with van der Waals surface area (Å²) in [6, 6.07) is -1.35. The molecule has 2 aliphatic heterocycles. The second kappa shape index (κ2) is 7.13. The van der Waals surface area contributed by atoms with Crippen LogP contribution in [0.25, 0.3) is 0 Å². The molecule has 0 atom stereocenters. The highest BCUT2D eigenvalue weighted by atomic mass is 16.3. The molecular formula is C10H16N4O8. The van der Waals surface area contributed by atoms with Crippen molar-refractivity contribution < 1.29 is 39.6 Å². The fraction of sp³-hybridized carbons (Fsp3) is 0.600. The van der Waals surface area contributed by atoms with Gasteiger partial charge in [-0.05, 0) is 0 Å². The highest BCUT2D eigenvalue weighted by Crippen LogP contribution is 2.08. The van der Waals surface area contributed by atoms with Crippen LogP contribution in [-0.2, 0) is 9.59 Å². The third-order valence-electron chi connectivity index (χ3n) is 3.00. The monoisotopic (exact) mass is 320 g/mol. The molecule has 2 aliphatic rings. The number of aliphatic hydroxyl groups is 4. The van der Waals surface area contributed by atoms with Crippen LogP contribution < -0.4 is 10.6 Å². The average molecular weight is 320 g/mol. The Bertz CT molecular complexity index is 476. The molecule has 2 heterocycles. The zero-order valence-electron chi connectivity index (χ0n) is 11.4. The summed E-state index contributed by atoms with van der Waals surface area (Å²) in [5, 5.41) is 38.4. The number of hydrogen-bond donors (Lipinski definition) is 6. The molecule has 0 bridgehead atoms. The Morgan fingerprint density at radius 2 is 1.59 bits per heavy atom. The van der Waals surface area contributed by atoms with Gasteiger partial charge in [-0.2, -0.15) is 0 Å². The molecule has 2 rings (SSSR count). The quantitative estimate of drug-likeness (QED) is 0.281. The Hall–Kier alpha value is -2.28. The molecule has 0 spiro atoms. The molecule has 0 aromatic carbocycles. The third kappa shape index (κ3) is 3.30. The summed E-state index contributed by atoms with van der Waals surface area (Å²) in [5.74, 6) is -1.20. The highest BCUT2D eigenvalue weighted by Gasteiger charge is 2.45. The predicted molar refractivity (Wildman–Crippen MR) is 66.7 cm³/mol. The second-order valence-corrected chi connectivity index (χ2v) is 4.39. The van der Waals surface area contributed by atoms with Crippen LogP contribution in [0.3, 0.4) is 0 Å². The fourth-order valence-corrected chi connectivity index (χ4v) is 1.64. The lowest BCUT2D eigenvalue weighted by molar-refractivity contribution is -0.128. The number of rotatable bonds is 4. The van der Waals surface area contributed by atoms with Gasteiger partial charge in [0.2, 0.25) is 0 Å². The SMILES string of the molecule is O=C1CN(CO)C(=O)N1CO.O=C1NC(=O)C(CO)(CO)N1. The van der Waals surface area contributed by atoms with Crippen LogP contribution in [0.1, 0.15) is 0 Å². The normalized spacial score (nSPS) is 19.8. The molecule has 6 N–H and O–H groups in total. The molecule has 12 nitrogen and oxygen atoms in total. The van der Waals surface area contributed by atoms with Crippen molar-refractivity contribution in [3.63, 3.8) is 0 Å². The van der Waals surface area contributed by atoms with Gasteiger partial charge < -0.3 is 25.7 Å². The van der Waals surface area contributed by atoms with E-state index in [0.717, 1.165) is 4.90 Å². The first-order chi connectivity index (χ1) is 10.3. The minimum Gasteiger partial charge on any atom is -0.393 e. The molecule has 0 unspecified atom stereocenters. The number of aliphatic hydroxyl groups excluding tert-OH is 4. The van der Waals surface area contributed by atoms with E-state index in [4.69, 9.17) is 20.4 Å². The van der Waals surface area contributed by atoms with Crippen molar-refractivity contribution in [1.82, 2.24) is 20.4 Å². The van der Waals surface area contributed by atoms with Gasteiger partial charge in [0, 0.05) is 0 Å². The van der Waals surface area contributed by atoms with Gasteiger partial charge in [-0.25, -0.2) is 14.5 Å². The predicted octanol–water partition coefficient (Wildman–Crippen LogP) is -4.30. The topological polar surface area (TPSA) is 180 Å². The molecule has 6 amide bonds. The van der Waals surface area contributed by atoms with Gasteiger partial charge in [-0.3, -0.25) is 19.8 Å². The fourth-order valence-electron chi connectivity index (χ4n) is 1.64. The Balaban J connectivity index is 0.000000220. The molecule has 2 saturated heterocycles. The molecule has 0 radical (unpaired) electrons. The number of amides is 6. The average Bonchev–Trinajstić information content (AvgIpc) is 2.95. The Morgan fingerprint density at radius 3 is 1.82 bits per heavy atom. The summed E-state index contributed by atoms with van der Waals surface area (Å²) < 4.78 is 0. The van der Waals surface area contributed by atoms with Crippen molar-refractivity contribution >= 4 is 23.9 Å². The van der Waals surface area contributed by atoms with Crippen LogP contribution >= 0.6 is 0 Å². The van der Waals surface area contributed by atoms with Crippen LogP contribution in [0, 0.1) is 0 Å². The van der Waals surface area contributed by atoms with Gasteiger partial charge in [0.15, 0.2) is 5.54 Å². The number of imide groups is 2. The van der Waals surface area contributed by atoms with Crippen LogP contribution in [0.2, 0.25) is 0 Å². The van der Waals surface area contributed by atoms with Crippen molar-refractivity contribution in [3.05, 3.63) is 0 Å². The van der Waals surface area contributed by atoms with E-state index in [1.807, 2.05) is 5.32 Å². The van der Waals surface area contributed by atoms with E-state index in [1.54, 1.807) is 0 Å². The maximum absolute atomic E-state index is 10.9. The number of nitrogens with zero attached hydrogens (tertiary/aromatic N) is 2. The largest absolute Gasteiger partial charge is 0.393 e. The van der Waals surface area contributed by atoms with Gasteiger partial charge in [0.1, 0.15) is 20.0 Å². The lowest BCUT2D eigenvalue weighted by Gasteiger charge is -2.19. The number of urea groups is 2. The summed E-state index contributed by atoms with van der Waals surface area (Å²) in [6.45, 7) is -2.51. The number of carbonyl (C=O) groups is 4. The minimum absolute atomic E-state index is 0.157. The maximum atomic E-state index is 10.9. The minimum atomic E-state index is -1.53. The van der Waals surface area contributed by atoms with Gasteiger partial charge in [0.25, 0.3) is 11.8 Å². The van der Waals surface area contributed by atoms with E-state index in [9.17, 15) is 19.2 Å². The van der Waals surface area contributed by atoms with Crippen molar-refractivity contribution in [2.45, 2.75) is 5.54 Å². The summed E-state index contributed by atoms with van der Waals surface area (Å²) >= 11 is 0. The van der Waals surface area contributed by atoms with Gasteiger partial charge >= 0.3 is 12.1 Å². The first-order valence-electron chi connectivity index (χ1n) is 6.01. The van der Waals surface area contributed by atoms with E-state index in [1.165, 1.54) is 0 Å². The third-order valence-corrected chi connectivity index (χ3v) is 3.00. The first kappa shape index (κ1) is 17.8. The van der Waals surface area contributed by atoms with Crippen molar-refractivity contribution in [3.8, 4) is 0 Å². The van der Waals surface area contributed by atoms with Crippen molar-refractivity contribution in [1.29, 1.82) is 0 Å². The molecule has 0 aromatic rings. The summed E-state index contributed by atoms with van der Waals surface area (Å²) in [7, 11) is 0. The second-order valence-electron chi connectivity index (χ2n) is 4.39. The van der Waals surface area contributed by atoms with E-state index >= 15 is 0 Å². The maximum Gasteiger partial charge on any atom is 0.330 e. The lowest BCUT2D eigenvalue weighted by atomic mass is 10.0. The molecule has 2 fully saturated rings. The molecule has 22 heavy (non-hydrogen) atoms. The van der Waals surface area contributed by atoms with Gasteiger partial charge in [0.05, 0.1) is 13.2 Å². The van der Waals surface area contributed by atoms with Crippen molar-refractivity contribution in [2.75, 3.05) is 33.2 Å². The highest BCUT2D eigenvalue weighted by molar-refractivity contribution is 6.07. The van der Waals surface area contributed by atoms with E-state index < -0.39 is 56.1 Å². The lowest BCUT2D eigenvalue weighted by Crippen LogP contribution is -2.53. The number of carbonyl (C=O) groups excluding carboxylic acids is 4. The molecule has 0 saturated carbocycles. The zero-order valence-corrected chi connectivity index (χ0v) is 11.4. The standard InChI is InChI=1S/2C5H8N2O4/c8-1-5(2-9)3(10)6-4(11)7-5;8-2-6-1-4(10)7(3-9)5(6)11/h8-9H,1-2H2,(H2,6,7,10,11);8-9H,1-3H2. The van der Waals surface area contributed by atoms with E-state index in [-0.39, 0.29) is 6.54 Å². The first-order valence-corrected chi connectivity index (χ1v) is 6.01. The van der Waals surface area contributed by atoms with E-state index in [2.05, 4.69) is 5.32 Å². The zero-order chi connectivity index (χ0) is 16.9. The van der Waals surface area contributed by atoms with Crippen LogP contribution in [-0.4, -0.2) is 92.9 Å². The molecule has 124 valence electrons. The Morgan fingerprint density at radius 1 is 1.00 bits per heavy atom. The Labute approximate surface area is 123 Å². The van der Waals surface area contributed by atoms with Crippen molar-refractivity contribution in [2.24, 2.45) is 0 Å². The van der Waals surface area contributed by atoms with Crippen LogP contribution in [0.5, 0.6) is 0 Å². The molecule has 0 aliphatic carbocycles. The molecule has 0 aromatic heterocycles. The van der Waals surface area contributed by atoms with E-state index in [0.29, 0.717) is 4.90 Å². The van der Waals surface area contributed by atoms with Gasteiger partial charge in [-0.1, -0.05) is 0 Å². The van der Waals surface area contributed by atoms with Crippen LogP contribution in [0.4, 0.5) is 9.59 Å². The summed E-state index contributed by atoms with van der Waals surface area (Å²) in [6.07, 6.45) is 0. The summed E-state index contributed by atoms with van der Waals surface area (Å²) in [5.41, 5.74) is -1.53. The Kier molecular flexibility index (Phi) is 5.76. The van der Waals surface area contributed by atoms with Gasteiger partial charge in [-0.15, -0.1) is 0 Å². The van der Waals surface area contributed by atoms with Crippen LogP contribution in [0.15, 0.2) is 0 Å². The molecule has 12 heteroatoms. The number of hydrogen-bond acceptors (Lipinski definition) is 8. The summed E-state index contributed by atoms with van der Waals surface area (Å²) in [4.78, 5) is 44.6. The molecular weight excluding hydrogens is 304 g/mol. The smallest absolute Gasteiger partial charge is 0.330 e. The number of nitrogens with one attached hydrogen (secondary N) is 2.